The van der Waals surface area contributed by atoms with E-state index in [2.05, 4.69) is 16.0 Å². The van der Waals surface area contributed by atoms with Gasteiger partial charge in [-0.05, 0) is 44.0 Å². The van der Waals surface area contributed by atoms with Crippen LogP contribution in [-0.2, 0) is 11.8 Å². The molecule has 0 radical (unpaired) electrons. The van der Waals surface area contributed by atoms with Crippen LogP contribution in [-0.4, -0.2) is 27.7 Å². The van der Waals surface area contributed by atoms with E-state index in [4.69, 9.17) is 9.15 Å². The first-order chi connectivity index (χ1) is 13.4. The fraction of sp³-hybridized carbons (Fsp3) is 0.250. The third kappa shape index (κ3) is 4.06. The number of amides is 2. The number of hydrogen-bond donors (Lipinski definition) is 2. The maximum Gasteiger partial charge on any atom is 0.279 e. The van der Waals surface area contributed by atoms with E-state index in [9.17, 15) is 9.59 Å². The predicted octanol–water partition coefficient (Wildman–Crippen LogP) is 2.53. The minimum absolute atomic E-state index is 0.312. The van der Waals surface area contributed by atoms with Gasteiger partial charge in [0.05, 0.1) is 18.1 Å². The Morgan fingerprint density at radius 2 is 2.00 bits per heavy atom. The summed E-state index contributed by atoms with van der Waals surface area (Å²) in [5.74, 6) is -0.330. The summed E-state index contributed by atoms with van der Waals surface area (Å²) >= 11 is 0. The first-order valence-electron chi connectivity index (χ1n) is 8.76. The topological polar surface area (TPSA) is 98.4 Å². The molecule has 0 aliphatic rings. The maximum absolute atomic E-state index is 12.5. The second-order valence-corrected chi connectivity index (χ2v) is 6.48. The van der Waals surface area contributed by atoms with Crippen molar-refractivity contribution in [3.8, 4) is 17.0 Å². The molecule has 0 bridgehead atoms. The van der Waals surface area contributed by atoms with E-state index in [-0.39, 0.29) is 0 Å². The van der Waals surface area contributed by atoms with Gasteiger partial charge in [-0.1, -0.05) is 12.1 Å². The summed E-state index contributed by atoms with van der Waals surface area (Å²) in [4.78, 5) is 24.8. The molecular weight excluding hydrogens is 360 g/mol. The van der Waals surface area contributed by atoms with Crippen LogP contribution in [0.1, 0.15) is 28.4 Å². The van der Waals surface area contributed by atoms with E-state index in [0.29, 0.717) is 22.6 Å². The molecule has 0 fully saturated rings. The number of ether oxygens (including phenoxy) is 1. The summed E-state index contributed by atoms with van der Waals surface area (Å²) in [6, 6.07) is 7.35. The summed E-state index contributed by atoms with van der Waals surface area (Å²) in [7, 11) is 1.71. The summed E-state index contributed by atoms with van der Waals surface area (Å²) in [6.07, 6.45) is 3.78. The number of nitrogens with one attached hydrogen (secondary N) is 2. The van der Waals surface area contributed by atoms with Crippen molar-refractivity contribution >= 4 is 11.8 Å². The molecule has 146 valence electrons. The Balaban J connectivity index is 1.63. The number of nitrogens with zero attached hydrogens (tertiary/aromatic N) is 2. The lowest BCUT2D eigenvalue weighted by molar-refractivity contribution is -0.128. The Bertz CT molecular complexity index is 992. The highest BCUT2D eigenvalue weighted by Crippen LogP contribution is 2.23. The van der Waals surface area contributed by atoms with Crippen molar-refractivity contribution in [2.45, 2.75) is 26.9 Å². The average molecular weight is 382 g/mol. The zero-order valence-corrected chi connectivity index (χ0v) is 16.1. The van der Waals surface area contributed by atoms with Crippen molar-refractivity contribution in [1.29, 1.82) is 0 Å². The Morgan fingerprint density at radius 3 is 2.71 bits per heavy atom. The third-order valence-electron chi connectivity index (χ3n) is 4.40. The number of aromatic nitrogens is 2. The van der Waals surface area contributed by atoms with Gasteiger partial charge in [0.2, 0.25) is 0 Å². The zero-order valence-electron chi connectivity index (χ0n) is 16.1. The van der Waals surface area contributed by atoms with Crippen LogP contribution in [0.4, 0.5) is 0 Å². The van der Waals surface area contributed by atoms with Gasteiger partial charge in [0, 0.05) is 18.8 Å². The molecule has 3 rings (SSSR count). The molecule has 8 heteroatoms. The number of rotatable bonds is 5. The zero-order chi connectivity index (χ0) is 20.3. The number of hydrazine groups is 1. The van der Waals surface area contributed by atoms with Crippen LogP contribution in [0.15, 0.2) is 47.4 Å². The number of benzene rings is 1. The average Bonchev–Trinajstić information content (AvgIpc) is 3.32. The molecule has 0 saturated carbocycles. The number of hydrogen-bond acceptors (Lipinski definition) is 5. The molecule has 1 aromatic carbocycles. The molecule has 0 saturated heterocycles. The van der Waals surface area contributed by atoms with Gasteiger partial charge >= 0.3 is 0 Å². The van der Waals surface area contributed by atoms with Crippen molar-refractivity contribution in [1.82, 2.24) is 20.6 Å². The van der Waals surface area contributed by atoms with Crippen LogP contribution in [0.3, 0.4) is 0 Å². The van der Waals surface area contributed by atoms with Crippen LogP contribution in [0.25, 0.3) is 11.3 Å². The molecule has 2 N–H and O–H groups in total. The lowest BCUT2D eigenvalue weighted by Gasteiger charge is -2.17. The second kappa shape index (κ2) is 7.99. The fourth-order valence-electron chi connectivity index (χ4n) is 2.65. The summed E-state index contributed by atoms with van der Waals surface area (Å²) < 4.78 is 12.3. The highest BCUT2D eigenvalue weighted by atomic mass is 16.5. The van der Waals surface area contributed by atoms with Crippen molar-refractivity contribution in [2.24, 2.45) is 7.05 Å². The molecule has 2 amide bonds. The van der Waals surface area contributed by atoms with E-state index in [1.54, 1.807) is 32.3 Å². The smallest absolute Gasteiger partial charge is 0.279 e. The lowest BCUT2D eigenvalue weighted by Crippen LogP contribution is -2.47. The Morgan fingerprint density at radius 1 is 1.21 bits per heavy atom. The van der Waals surface area contributed by atoms with E-state index in [1.165, 1.54) is 17.2 Å². The molecule has 0 spiro atoms. The molecule has 0 aliphatic carbocycles. The van der Waals surface area contributed by atoms with Crippen LogP contribution in [0.2, 0.25) is 0 Å². The van der Waals surface area contributed by atoms with Crippen LogP contribution in [0.5, 0.6) is 5.75 Å². The van der Waals surface area contributed by atoms with E-state index < -0.39 is 17.9 Å². The van der Waals surface area contributed by atoms with Gasteiger partial charge in [0.25, 0.3) is 11.8 Å². The van der Waals surface area contributed by atoms with Crippen molar-refractivity contribution in [3.05, 3.63) is 59.7 Å². The highest BCUT2D eigenvalue weighted by Gasteiger charge is 2.21. The summed E-state index contributed by atoms with van der Waals surface area (Å²) in [5.41, 5.74) is 8.28. The molecule has 3 aromatic rings. The van der Waals surface area contributed by atoms with Crippen molar-refractivity contribution in [2.75, 3.05) is 0 Å². The Hall–Kier alpha value is -3.55. The van der Waals surface area contributed by atoms with Gasteiger partial charge in [-0.2, -0.15) is 5.10 Å². The molecule has 8 nitrogen and oxygen atoms in total. The molecule has 0 aliphatic heterocycles. The fourth-order valence-corrected chi connectivity index (χ4v) is 2.65. The SMILES string of the molecule is Cc1cccc(O[C@@H](C)C(=O)NNC(=O)c2cn(C)nc2-c2ccoc2)c1C. The largest absolute Gasteiger partial charge is 0.481 e. The second-order valence-electron chi connectivity index (χ2n) is 6.48. The first kappa shape index (κ1) is 19.2. The highest BCUT2D eigenvalue weighted by molar-refractivity contribution is 6.00. The summed E-state index contributed by atoms with van der Waals surface area (Å²) in [6.45, 7) is 5.51. The van der Waals surface area contributed by atoms with Gasteiger partial charge in [-0.25, -0.2) is 0 Å². The van der Waals surface area contributed by atoms with Gasteiger partial charge in [-0.15, -0.1) is 0 Å². The third-order valence-corrected chi connectivity index (χ3v) is 4.40. The predicted molar refractivity (Wildman–Crippen MR) is 103 cm³/mol. The van der Waals surface area contributed by atoms with Gasteiger partial charge < -0.3 is 9.15 Å². The Labute approximate surface area is 162 Å². The van der Waals surface area contributed by atoms with Crippen LogP contribution in [0, 0.1) is 13.8 Å². The van der Waals surface area contributed by atoms with Crippen LogP contribution >= 0.6 is 0 Å². The monoisotopic (exact) mass is 382 g/mol. The lowest BCUT2D eigenvalue weighted by atomic mass is 10.1. The molecule has 0 unspecified atom stereocenters. The van der Waals surface area contributed by atoms with Gasteiger partial charge in [0.15, 0.2) is 6.10 Å². The number of carbonyl (C=O) groups is 2. The minimum Gasteiger partial charge on any atom is -0.481 e. The standard InChI is InChI=1S/C20H22N4O4/c1-12-6-5-7-17(13(12)2)28-14(3)19(25)21-22-20(26)16-10-24(4)23-18(16)15-8-9-27-11-15/h5-11,14H,1-4H3,(H,21,25)(H,22,26)/t14-/m0/s1. The number of carbonyl (C=O) groups excluding carboxylic acids is 2. The molecule has 1 atom stereocenters. The molecule has 2 aromatic heterocycles. The minimum atomic E-state index is -0.789. The number of aryl methyl sites for hydroxylation is 2. The summed E-state index contributed by atoms with van der Waals surface area (Å²) in [5, 5.41) is 4.27. The molecule has 2 heterocycles. The maximum atomic E-state index is 12.5. The van der Waals surface area contributed by atoms with Gasteiger partial charge in [-0.3, -0.25) is 25.1 Å². The molecule has 28 heavy (non-hydrogen) atoms. The quantitative estimate of drug-likeness (QED) is 0.661. The molecular formula is C20H22N4O4. The Kier molecular flexibility index (Phi) is 5.49. The number of furan rings is 1. The normalized spacial score (nSPS) is 11.7. The first-order valence-corrected chi connectivity index (χ1v) is 8.76. The van der Waals surface area contributed by atoms with Crippen LogP contribution < -0.4 is 15.6 Å². The van der Waals surface area contributed by atoms with Gasteiger partial charge in [0.1, 0.15) is 11.4 Å². The van der Waals surface area contributed by atoms with E-state index in [0.717, 1.165) is 11.1 Å². The van der Waals surface area contributed by atoms with Crippen molar-refractivity contribution in [3.63, 3.8) is 0 Å². The van der Waals surface area contributed by atoms with Crippen molar-refractivity contribution < 1.29 is 18.7 Å². The van der Waals surface area contributed by atoms with E-state index >= 15 is 0 Å². The van der Waals surface area contributed by atoms with E-state index in [1.807, 2.05) is 26.0 Å².